The fourth-order valence-electron chi connectivity index (χ4n) is 2.52. The summed E-state index contributed by atoms with van der Waals surface area (Å²) in [4.78, 5) is 11.7. The lowest BCUT2D eigenvalue weighted by Crippen LogP contribution is -2.58. The second-order valence-corrected chi connectivity index (χ2v) is 4.87. The van der Waals surface area contributed by atoms with Gasteiger partial charge < -0.3 is 11.1 Å². The molecular formula is C13H18N2O. The largest absolute Gasteiger partial charge is 0.368 e. The van der Waals surface area contributed by atoms with Crippen LogP contribution in [0.15, 0.2) is 24.3 Å². The molecule has 0 atom stereocenters. The maximum Gasteiger partial charge on any atom is 0.238 e. The van der Waals surface area contributed by atoms with Gasteiger partial charge in [0.2, 0.25) is 5.91 Å². The molecule has 3 N–H and O–H groups in total. The minimum absolute atomic E-state index is 0.252. The van der Waals surface area contributed by atoms with E-state index in [1.807, 2.05) is 26.0 Å². The molecule has 0 aliphatic heterocycles. The molecule has 1 aliphatic rings. The third kappa shape index (κ3) is 1.83. The summed E-state index contributed by atoms with van der Waals surface area (Å²) in [5.74, 6) is -0.252. The van der Waals surface area contributed by atoms with E-state index in [0.29, 0.717) is 12.8 Å². The maximum atomic E-state index is 11.7. The van der Waals surface area contributed by atoms with Crippen LogP contribution in [0.4, 0.5) is 0 Å². The van der Waals surface area contributed by atoms with Crippen molar-refractivity contribution in [2.75, 3.05) is 0 Å². The Morgan fingerprint density at radius 1 is 1.31 bits per heavy atom. The highest BCUT2D eigenvalue weighted by Crippen LogP contribution is 2.30. The predicted molar refractivity (Wildman–Crippen MR) is 64.0 cm³/mol. The second kappa shape index (κ2) is 3.91. The lowest BCUT2D eigenvalue weighted by atomic mass is 9.94. The lowest BCUT2D eigenvalue weighted by Gasteiger charge is -2.29. The van der Waals surface area contributed by atoms with Crippen LogP contribution in [-0.4, -0.2) is 17.5 Å². The molecular weight excluding hydrogens is 200 g/mol. The van der Waals surface area contributed by atoms with Crippen molar-refractivity contribution >= 4 is 5.91 Å². The van der Waals surface area contributed by atoms with Gasteiger partial charge in [-0.05, 0) is 25.0 Å². The number of nitrogens with two attached hydrogens (primary N) is 1. The van der Waals surface area contributed by atoms with Crippen molar-refractivity contribution in [1.29, 1.82) is 0 Å². The zero-order chi connectivity index (χ0) is 11.8. The van der Waals surface area contributed by atoms with E-state index >= 15 is 0 Å². The van der Waals surface area contributed by atoms with E-state index in [9.17, 15) is 4.79 Å². The van der Waals surface area contributed by atoms with Crippen molar-refractivity contribution in [2.45, 2.75) is 38.3 Å². The van der Waals surface area contributed by atoms with Crippen LogP contribution in [0.5, 0.6) is 0 Å². The Balaban J connectivity index is 2.31. The Labute approximate surface area is 96.0 Å². The molecule has 1 aliphatic carbocycles. The van der Waals surface area contributed by atoms with Crippen LogP contribution < -0.4 is 11.1 Å². The monoisotopic (exact) mass is 218 g/mol. The Morgan fingerprint density at radius 2 is 1.81 bits per heavy atom. The molecule has 0 unspecified atom stereocenters. The first-order valence-corrected chi connectivity index (χ1v) is 5.68. The first-order chi connectivity index (χ1) is 7.53. The number of nitrogens with one attached hydrogen (secondary N) is 1. The molecule has 16 heavy (non-hydrogen) atoms. The summed E-state index contributed by atoms with van der Waals surface area (Å²) in [7, 11) is 0. The summed E-state index contributed by atoms with van der Waals surface area (Å²) in [5, 5.41) is 3.33. The number of hydrogen-bond acceptors (Lipinski definition) is 2. The van der Waals surface area contributed by atoms with Crippen molar-refractivity contribution in [1.82, 2.24) is 5.32 Å². The summed E-state index contributed by atoms with van der Waals surface area (Å²) in [5.41, 5.74) is 7.44. The Kier molecular flexibility index (Phi) is 2.72. The summed E-state index contributed by atoms with van der Waals surface area (Å²) in [6.07, 6.45) is 1.41. The number of carbonyl (C=O) groups is 1. The van der Waals surface area contributed by atoms with E-state index in [0.717, 1.165) is 0 Å². The van der Waals surface area contributed by atoms with Crippen LogP contribution in [0.25, 0.3) is 0 Å². The lowest BCUT2D eigenvalue weighted by molar-refractivity contribution is -0.124. The molecule has 0 radical (unpaired) electrons. The molecule has 0 saturated heterocycles. The van der Waals surface area contributed by atoms with Gasteiger partial charge in [-0.25, -0.2) is 0 Å². The van der Waals surface area contributed by atoms with Gasteiger partial charge >= 0.3 is 0 Å². The minimum Gasteiger partial charge on any atom is -0.368 e. The predicted octanol–water partition coefficient (Wildman–Crippen LogP) is 1.01. The third-order valence-corrected chi connectivity index (χ3v) is 3.14. The molecule has 0 aromatic heterocycles. The molecule has 0 heterocycles. The maximum absolute atomic E-state index is 11.7. The second-order valence-electron chi connectivity index (χ2n) is 4.87. The van der Waals surface area contributed by atoms with E-state index in [1.54, 1.807) is 0 Å². The molecule has 1 aromatic carbocycles. The topological polar surface area (TPSA) is 55.1 Å². The summed E-state index contributed by atoms with van der Waals surface area (Å²) in [6, 6.07) is 8.41. The van der Waals surface area contributed by atoms with Crippen molar-refractivity contribution in [3.8, 4) is 0 Å². The fourth-order valence-corrected chi connectivity index (χ4v) is 2.52. The molecule has 0 fully saturated rings. The number of rotatable bonds is 3. The van der Waals surface area contributed by atoms with Gasteiger partial charge in [0.1, 0.15) is 5.54 Å². The van der Waals surface area contributed by atoms with Gasteiger partial charge in [0, 0.05) is 18.9 Å². The normalized spacial score (nSPS) is 17.4. The average Bonchev–Trinajstić information content (AvgIpc) is 2.55. The molecule has 3 heteroatoms. The van der Waals surface area contributed by atoms with Crippen molar-refractivity contribution in [3.63, 3.8) is 0 Å². The standard InChI is InChI=1S/C13H18N2O/c1-9(2)15-13(12(14)16)7-10-5-3-4-6-11(10)8-13/h3-6,9,15H,7-8H2,1-2H3,(H2,14,16). The number of primary amides is 1. The number of hydrogen-bond donors (Lipinski definition) is 2. The van der Waals surface area contributed by atoms with Crippen LogP contribution in [-0.2, 0) is 17.6 Å². The van der Waals surface area contributed by atoms with E-state index < -0.39 is 5.54 Å². The van der Waals surface area contributed by atoms with Gasteiger partial charge in [-0.1, -0.05) is 24.3 Å². The molecule has 0 saturated carbocycles. The minimum atomic E-state index is -0.585. The van der Waals surface area contributed by atoms with Crippen molar-refractivity contribution in [3.05, 3.63) is 35.4 Å². The average molecular weight is 218 g/mol. The quantitative estimate of drug-likeness (QED) is 0.795. The van der Waals surface area contributed by atoms with Crippen LogP contribution >= 0.6 is 0 Å². The zero-order valence-corrected chi connectivity index (χ0v) is 9.79. The number of benzene rings is 1. The molecule has 2 rings (SSSR count). The fraction of sp³-hybridized carbons (Fsp3) is 0.462. The molecule has 0 spiro atoms. The molecule has 0 bridgehead atoms. The van der Waals surface area contributed by atoms with Gasteiger partial charge in [-0.15, -0.1) is 0 Å². The van der Waals surface area contributed by atoms with Gasteiger partial charge in [0.05, 0.1) is 0 Å². The van der Waals surface area contributed by atoms with Crippen LogP contribution in [0.2, 0.25) is 0 Å². The number of fused-ring (bicyclic) bond motifs is 1. The third-order valence-electron chi connectivity index (χ3n) is 3.14. The van der Waals surface area contributed by atoms with E-state index in [1.165, 1.54) is 11.1 Å². The highest BCUT2D eigenvalue weighted by Gasteiger charge is 2.42. The Hall–Kier alpha value is -1.35. The number of carbonyl (C=O) groups excluding carboxylic acids is 1. The summed E-state index contributed by atoms with van der Waals surface area (Å²) >= 11 is 0. The SMILES string of the molecule is CC(C)NC1(C(N)=O)Cc2ccccc2C1. The van der Waals surface area contributed by atoms with Crippen LogP contribution in [0, 0.1) is 0 Å². The van der Waals surface area contributed by atoms with Crippen molar-refractivity contribution < 1.29 is 4.79 Å². The van der Waals surface area contributed by atoms with Gasteiger partial charge in [-0.2, -0.15) is 0 Å². The van der Waals surface area contributed by atoms with Gasteiger partial charge in [-0.3, -0.25) is 4.79 Å². The highest BCUT2D eigenvalue weighted by molar-refractivity contribution is 5.86. The highest BCUT2D eigenvalue weighted by atomic mass is 16.1. The Bertz CT molecular complexity index is 387. The first-order valence-electron chi connectivity index (χ1n) is 5.68. The van der Waals surface area contributed by atoms with Crippen LogP contribution in [0.3, 0.4) is 0 Å². The summed E-state index contributed by atoms with van der Waals surface area (Å²) in [6.45, 7) is 4.07. The van der Waals surface area contributed by atoms with Crippen molar-refractivity contribution in [2.24, 2.45) is 5.73 Å². The van der Waals surface area contributed by atoms with Gasteiger partial charge in [0.25, 0.3) is 0 Å². The smallest absolute Gasteiger partial charge is 0.238 e. The van der Waals surface area contributed by atoms with E-state index in [4.69, 9.17) is 5.73 Å². The molecule has 1 aromatic rings. The first kappa shape index (κ1) is 11.1. The molecule has 1 amide bonds. The molecule has 3 nitrogen and oxygen atoms in total. The van der Waals surface area contributed by atoms with E-state index in [-0.39, 0.29) is 11.9 Å². The zero-order valence-electron chi connectivity index (χ0n) is 9.79. The number of amides is 1. The Morgan fingerprint density at radius 3 is 2.19 bits per heavy atom. The van der Waals surface area contributed by atoms with E-state index in [2.05, 4.69) is 17.4 Å². The molecule has 86 valence electrons. The summed E-state index contributed by atoms with van der Waals surface area (Å²) < 4.78 is 0. The van der Waals surface area contributed by atoms with Gasteiger partial charge in [0.15, 0.2) is 0 Å². The van der Waals surface area contributed by atoms with Crippen LogP contribution in [0.1, 0.15) is 25.0 Å².